The Balaban J connectivity index is 2.18. The molecule has 3 nitrogen and oxygen atoms in total. The summed E-state index contributed by atoms with van der Waals surface area (Å²) >= 11 is 0. The standard InChI is InChI=1S/C8H12N2O/c1-5(9)8-4-7(10-11-8)6-2-3-6/h4-6H,2-3,9H2,1H3. The molecule has 1 atom stereocenters. The van der Waals surface area contributed by atoms with E-state index in [9.17, 15) is 0 Å². The summed E-state index contributed by atoms with van der Waals surface area (Å²) in [6.07, 6.45) is 2.51. The van der Waals surface area contributed by atoms with Crippen molar-refractivity contribution in [3.8, 4) is 0 Å². The summed E-state index contributed by atoms with van der Waals surface area (Å²) in [6.45, 7) is 1.90. The molecule has 1 heterocycles. The maximum Gasteiger partial charge on any atom is 0.153 e. The maximum absolute atomic E-state index is 5.61. The summed E-state index contributed by atoms with van der Waals surface area (Å²) in [5.41, 5.74) is 6.69. The number of hydrogen-bond acceptors (Lipinski definition) is 3. The van der Waals surface area contributed by atoms with E-state index in [1.54, 1.807) is 0 Å². The second kappa shape index (κ2) is 2.34. The highest BCUT2D eigenvalue weighted by Crippen LogP contribution is 2.39. The molecule has 1 unspecified atom stereocenters. The van der Waals surface area contributed by atoms with E-state index < -0.39 is 0 Å². The number of rotatable bonds is 2. The van der Waals surface area contributed by atoms with Crippen LogP contribution in [-0.2, 0) is 0 Å². The third kappa shape index (κ3) is 1.28. The quantitative estimate of drug-likeness (QED) is 0.699. The van der Waals surface area contributed by atoms with Gasteiger partial charge in [-0.15, -0.1) is 0 Å². The first-order valence-electron chi connectivity index (χ1n) is 3.99. The third-order valence-corrected chi connectivity index (χ3v) is 1.99. The molecule has 0 bridgehead atoms. The van der Waals surface area contributed by atoms with E-state index in [4.69, 9.17) is 10.3 Å². The van der Waals surface area contributed by atoms with Gasteiger partial charge in [0.25, 0.3) is 0 Å². The van der Waals surface area contributed by atoms with Crippen LogP contribution in [0.2, 0.25) is 0 Å². The van der Waals surface area contributed by atoms with Gasteiger partial charge in [0, 0.05) is 12.0 Å². The Bertz CT molecular complexity index is 234. The first-order valence-corrected chi connectivity index (χ1v) is 3.99. The van der Waals surface area contributed by atoms with Crippen LogP contribution in [0.5, 0.6) is 0 Å². The fourth-order valence-corrected chi connectivity index (χ4v) is 1.09. The van der Waals surface area contributed by atoms with Crippen LogP contribution >= 0.6 is 0 Å². The van der Waals surface area contributed by atoms with Gasteiger partial charge in [-0.1, -0.05) is 5.16 Å². The number of nitrogens with two attached hydrogens (primary N) is 1. The van der Waals surface area contributed by atoms with Crippen LogP contribution in [0.1, 0.15) is 43.2 Å². The molecule has 0 spiro atoms. The van der Waals surface area contributed by atoms with Gasteiger partial charge in [-0.25, -0.2) is 0 Å². The second-order valence-electron chi connectivity index (χ2n) is 3.22. The average molecular weight is 152 g/mol. The van der Waals surface area contributed by atoms with Gasteiger partial charge in [-0.05, 0) is 19.8 Å². The Kier molecular flexibility index (Phi) is 1.46. The molecule has 1 aliphatic carbocycles. The summed E-state index contributed by atoms with van der Waals surface area (Å²) in [5, 5.41) is 3.94. The van der Waals surface area contributed by atoms with Crippen molar-refractivity contribution in [1.29, 1.82) is 0 Å². The van der Waals surface area contributed by atoms with E-state index >= 15 is 0 Å². The van der Waals surface area contributed by atoms with Crippen molar-refractivity contribution >= 4 is 0 Å². The molecule has 1 aromatic rings. The van der Waals surface area contributed by atoms with Crippen LogP contribution in [0.25, 0.3) is 0 Å². The molecule has 3 heteroatoms. The van der Waals surface area contributed by atoms with Gasteiger partial charge >= 0.3 is 0 Å². The first-order chi connectivity index (χ1) is 5.27. The predicted octanol–water partition coefficient (Wildman–Crippen LogP) is 1.57. The second-order valence-corrected chi connectivity index (χ2v) is 3.22. The summed E-state index contributed by atoms with van der Waals surface area (Å²) in [5.74, 6) is 1.46. The predicted molar refractivity (Wildman–Crippen MR) is 41.1 cm³/mol. The molecule has 2 rings (SSSR count). The minimum atomic E-state index is -0.0324. The van der Waals surface area contributed by atoms with Crippen LogP contribution in [0.15, 0.2) is 10.6 Å². The zero-order chi connectivity index (χ0) is 7.84. The molecule has 0 aliphatic heterocycles. The summed E-state index contributed by atoms with van der Waals surface area (Å²) in [7, 11) is 0. The molecular formula is C8H12N2O. The van der Waals surface area contributed by atoms with Gasteiger partial charge in [0.05, 0.1) is 11.7 Å². The summed E-state index contributed by atoms with van der Waals surface area (Å²) < 4.78 is 5.05. The molecule has 11 heavy (non-hydrogen) atoms. The van der Waals surface area contributed by atoms with E-state index in [2.05, 4.69) is 5.16 Å². The fraction of sp³-hybridized carbons (Fsp3) is 0.625. The monoisotopic (exact) mass is 152 g/mol. The lowest BCUT2D eigenvalue weighted by Gasteiger charge is -1.94. The maximum atomic E-state index is 5.61. The molecule has 0 saturated heterocycles. The van der Waals surface area contributed by atoms with Crippen molar-refractivity contribution in [3.05, 3.63) is 17.5 Å². The molecule has 1 saturated carbocycles. The van der Waals surface area contributed by atoms with Crippen LogP contribution < -0.4 is 5.73 Å². The highest BCUT2D eigenvalue weighted by atomic mass is 16.5. The molecule has 1 fully saturated rings. The molecular weight excluding hydrogens is 140 g/mol. The highest BCUT2D eigenvalue weighted by Gasteiger charge is 2.27. The average Bonchev–Trinajstić information content (AvgIpc) is 2.68. The van der Waals surface area contributed by atoms with Crippen molar-refractivity contribution in [1.82, 2.24) is 5.16 Å². The largest absolute Gasteiger partial charge is 0.359 e. The Morgan fingerprint density at radius 1 is 1.73 bits per heavy atom. The van der Waals surface area contributed by atoms with Crippen molar-refractivity contribution in [2.75, 3.05) is 0 Å². The lowest BCUT2D eigenvalue weighted by atomic mass is 10.2. The number of hydrogen-bond donors (Lipinski definition) is 1. The molecule has 2 N–H and O–H groups in total. The van der Waals surface area contributed by atoms with E-state index in [0.717, 1.165) is 11.5 Å². The van der Waals surface area contributed by atoms with E-state index in [-0.39, 0.29) is 6.04 Å². The zero-order valence-electron chi connectivity index (χ0n) is 6.58. The van der Waals surface area contributed by atoms with Crippen LogP contribution in [0, 0.1) is 0 Å². The van der Waals surface area contributed by atoms with Gasteiger partial charge in [-0.3, -0.25) is 0 Å². The van der Waals surface area contributed by atoms with Crippen molar-refractivity contribution < 1.29 is 4.52 Å². The molecule has 1 aromatic heterocycles. The van der Waals surface area contributed by atoms with Gasteiger partial charge in [0.1, 0.15) is 0 Å². The molecule has 60 valence electrons. The number of aromatic nitrogens is 1. The van der Waals surface area contributed by atoms with Crippen molar-refractivity contribution in [3.63, 3.8) is 0 Å². The Hall–Kier alpha value is -0.830. The minimum Gasteiger partial charge on any atom is -0.359 e. The van der Waals surface area contributed by atoms with Crippen LogP contribution in [0.4, 0.5) is 0 Å². The third-order valence-electron chi connectivity index (χ3n) is 1.99. The fourth-order valence-electron chi connectivity index (χ4n) is 1.09. The Labute approximate surface area is 65.6 Å². The lowest BCUT2D eigenvalue weighted by Crippen LogP contribution is -2.02. The zero-order valence-corrected chi connectivity index (χ0v) is 6.58. The van der Waals surface area contributed by atoms with Crippen LogP contribution in [0.3, 0.4) is 0 Å². The van der Waals surface area contributed by atoms with E-state index in [1.165, 1.54) is 12.8 Å². The molecule has 0 amide bonds. The Morgan fingerprint density at radius 3 is 2.91 bits per heavy atom. The Morgan fingerprint density at radius 2 is 2.45 bits per heavy atom. The summed E-state index contributed by atoms with van der Waals surface area (Å²) in [4.78, 5) is 0. The van der Waals surface area contributed by atoms with Crippen LogP contribution in [-0.4, -0.2) is 5.16 Å². The summed E-state index contributed by atoms with van der Waals surface area (Å²) in [6, 6.07) is 1.94. The van der Waals surface area contributed by atoms with Crippen molar-refractivity contribution in [2.45, 2.75) is 31.7 Å². The number of nitrogens with zero attached hydrogens (tertiary/aromatic N) is 1. The SMILES string of the molecule is CC(N)c1cc(C2CC2)no1. The van der Waals surface area contributed by atoms with Gasteiger partial charge in [0.15, 0.2) is 5.76 Å². The van der Waals surface area contributed by atoms with Gasteiger partial charge in [0.2, 0.25) is 0 Å². The van der Waals surface area contributed by atoms with Crippen molar-refractivity contribution in [2.24, 2.45) is 5.73 Å². The minimum absolute atomic E-state index is 0.0324. The van der Waals surface area contributed by atoms with Gasteiger partial charge in [-0.2, -0.15) is 0 Å². The first kappa shape index (κ1) is 6.85. The lowest BCUT2D eigenvalue weighted by molar-refractivity contribution is 0.362. The van der Waals surface area contributed by atoms with E-state index in [0.29, 0.717) is 5.92 Å². The normalized spacial score (nSPS) is 20.2. The molecule has 1 aliphatic rings. The topological polar surface area (TPSA) is 52.0 Å². The molecule has 0 aromatic carbocycles. The van der Waals surface area contributed by atoms with Gasteiger partial charge < -0.3 is 10.3 Å². The molecule has 0 radical (unpaired) electrons. The smallest absolute Gasteiger partial charge is 0.153 e. The highest BCUT2D eigenvalue weighted by molar-refractivity contribution is 5.16. The van der Waals surface area contributed by atoms with E-state index in [1.807, 2.05) is 13.0 Å².